The van der Waals surface area contributed by atoms with E-state index in [1.54, 1.807) is 13.0 Å². The zero-order valence-corrected chi connectivity index (χ0v) is 10.6. The summed E-state index contributed by atoms with van der Waals surface area (Å²) in [6.07, 6.45) is 0.0279. The molecule has 0 aliphatic rings. The van der Waals surface area contributed by atoms with Gasteiger partial charge in [-0.2, -0.15) is 0 Å². The van der Waals surface area contributed by atoms with Crippen LogP contribution in [-0.2, 0) is 9.53 Å². The molecular weight excluding hydrogens is 240 g/mol. The van der Waals surface area contributed by atoms with Crippen LogP contribution < -0.4 is 0 Å². The summed E-state index contributed by atoms with van der Waals surface area (Å²) in [5.41, 5.74) is 0.517. The number of rotatable bonds is 2. The summed E-state index contributed by atoms with van der Waals surface area (Å²) in [4.78, 5) is 11.1. The molecule has 0 radical (unpaired) electrons. The van der Waals surface area contributed by atoms with Gasteiger partial charge in [0, 0.05) is 5.39 Å². The van der Waals surface area contributed by atoms with Crippen molar-refractivity contribution in [2.45, 2.75) is 13.3 Å². The van der Waals surface area contributed by atoms with E-state index in [1.807, 2.05) is 30.3 Å². The number of aromatic hydroxyl groups is 1. The molecule has 0 aromatic heterocycles. The van der Waals surface area contributed by atoms with Gasteiger partial charge in [-0.3, -0.25) is 4.79 Å². The van der Waals surface area contributed by atoms with Crippen LogP contribution in [0.4, 0.5) is 0 Å². The molecule has 0 saturated heterocycles. The summed E-state index contributed by atoms with van der Waals surface area (Å²) < 4.78 is 4.78. The monoisotopic (exact) mass is 254 g/mol. The van der Waals surface area contributed by atoms with Crippen molar-refractivity contribution in [3.8, 4) is 17.6 Å². The van der Waals surface area contributed by atoms with Gasteiger partial charge in [-0.15, -0.1) is 0 Å². The third-order valence-electron chi connectivity index (χ3n) is 2.66. The SMILES string of the molecule is CCOC(=O)CC#Cc1ccc2ccccc2c1O. The molecule has 3 nitrogen and oxygen atoms in total. The molecule has 2 aromatic rings. The molecule has 0 heterocycles. The van der Waals surface area contributed by atoms with Gasteiger partial charge >= 0.3 is 5.97 Å². The van der Waals surface area contributed by atoms with Crippen molar-refractivity contribution >= 4 is 16.7 Å². The van der Waals surface area contributed by atoms with E-state index >= 15 is 0 Å². The number of ether oxygens (including phenoxy) is 1. The first-order chi connectivity index (χ1) is 9.22. The van der Waals surface area contributed by atoms with E-state index in [9.17, 15) is 9.90 Å². The molecule has 0 atom stereocenters. The van der Waals surface area contributed by atoms with Crippen molar-refractivity contribution in [3.63, 3.8) is 0 Å². The standard InChI is InChI=1S/C16H14O3/c1-2-19-15(17)9-5-7-13-11-10-12-6-3-4-8-14(12)16(13)18/h3-4,6,8,10-11,18H,2,9H2,1H3. The fourth-order valence-electron chi connectivity index (χ4n) is 1.78. The van der Waals surface area contributed by atoms with E-state index in [0.717, 1.165) is 10.8 Å². The molecule has 0 amide bonds. The Hall–Kier alpha value is -2.47. The molecule has 0 spiro atoms. The van der Waals surface area contributed by atoms with Gasteiger partial charge in [-0.25, -0.2) is 0 Å². The molecule has 0 fully saturated rings. The van der Waals surface area contributed by atoms with Gasteiger partial charge in [0.25, 0.3) is 0 Å². The highest BCUT2D eigenvalue weighted by atomic mass is 16.5. The lowest BCUT2D eigenvalue weighted by molar-refractivity contribution is -0.141. The number of benzene rings is 2. The summed E-state index contributed by atoms with van der Waals surface area (Å²) in [5.74, 6) is 5.30. The predicted octanol–water partition coefficient (Wildman–Crippen LogP) is 2.85. The number of carbonyl (C=O) groups excluding carboxylic acids is 1. The van der Waals surface area contributed by atoms with Crippen LogP contribution >= 0.6 is 0 Å². The maximum absolute atomic E-state index is 11.1. The number of phenolic OH excluding ortho intramolecular Hbond substituents is 1. The van der Waals surface area contributed by atoms with Crippen LogP contribution in [0.3, 0.4) is 0 Å². The number of hydrogen-bond donors (Lipinski definition) is 1. The first-order valence-electron chi connectivity index (χ1n) is 6.07. The lowest BCUT2D eigenvalue weighted by Gasteiger charge is -2.02. The molecule has 3 heteroatoms. The lowest BCUT2D eigenvalue weighted by Crippen LogP contribution is -2.01. The van der Waals surface area contributed by atoms with E-state index in [-0.39, 0.29) is 18.1 Å². The van der Waals surface area contributed by atoms with Gasteiger partial charge in [0.1, 0.15) is 12.2 Å². The molecule has 0 aliphatic carbocycles. The van der Waals surface area contributed by atoms with E-state index in [1.165, 1.54) is 0 Å². The van der Waals surface area contributed by atoms with E-state index in [2.05, 4.69) is 11.8 Å². The normalized spacial score (nSPS) is 9.74. The largest absolute Gasteiger partial charge is 0.506 e. The summed E-state index contributed by atoms with van der Waals surface area (Å²) in [7, 11) is 0. The fraction of sp³-hybridized carbons (Fsp3) is 0.188. The van der Waals surface area contributed by atoms with Crippen LogP contribution in [0.2, 0.25) is 0 Å². The number of phenols is 1. The predicted molar refractivity (Wildman–Crippen MR) is 73.7 cm³/mol. The maximum Gasteiger partial charge on any atom is 0.317 e. The Morgan fingerprint density at radius 1 is 1.26 bits per heavy atom. The van der Waals surface area contributed by atoms with E-state index in [4.69, 9.17) is 4.74 Å². The lowest BCUT2D eigenvalue weighted by atomic mass is 10.1. The summed E-state index contributed by atoms with van der Waals surface area (Å²) in [6, 6.07) is 11.2. The average molecular weight is 254 g/mol. The molecule has 0 unspecified atom stereocenters. The van der Waals surface area contributed by atoms with Gasteiger partial charge in [0.15, 0.2) is 0 Å². The smallest absolute Gasteiger partial charge is 0.317 e. The highest BCUT2D eigenvalue weighted by molar-refractivity contribution is 5.90. The van der Waals surface area contributed by atoms with Gasteiger partial charge in [-0.05, 0) is 18.4 Å². The number of carbonyl (C=O) groups is 1. The van der Waals surface area contributed by atoms with Crippen molar-refractivity contribution in [1.82, 2.24) is 0 Å². The zero-order valence-electron chi connectivity index (χ0n) is 10.6. The van der Waals surface area contributed by atoms with Crippen LogP contribution in [0.1, 0.15) is 18.9 Å². The zero-order chi connectivity index (χ0) is 13.7. The number of esters is 1. The Morgan fingerprint density at radius 2 is 2.05 bits per heavy atom. The second kappa shape index (κ2) is 5.92. The minimum atomic E-state index is -0.352. The number of hydrogen-bond acceptors (Lipinski definition) is 3. The average Bonchev–Trinajstić information content (AvgIpc) is 2.42. The van der Waals surface area contributed by atoms with Gasteiger partial charge in [0.2, 0.25) is 0 Å². The third kappa shape index (κ3) is 3.05. The number of fused-ring (bicyclic) bond motifs is 1. The molecule has 0 saturated carbocycles. The molecular formula is C16H14O3. The van der Waals surface area contributed by atoms with Crippen molar-refractivity contribution in [3.05, 3.63) is 42.0 Å². The quantitative estimate of drug-likeness (QED) is 0.662. The van der Waals surface area contributed by atoms with Gasteiger partial charge in [0.05, 0.1) is 12.2 Å². The minimum Gasteiger partial charge on any atom is -0.506 e. The second-order valence-electron chi connectivity index (χ2n) is 3.97. The van der Waals surface area contributed by atoms with Crippen LogP contribution in [0, 0.1) is 11.8 Å². The summed E-state index contributed by atoms with van der Waals surface area (Å²) in [6.45, 7) is 2.10. The van der Waals surface area contributed by atoms with E-state index in [0.29, 0.717) is 12.2 Å². The Kier molecular flexibility index (Phi) is 4.04. The minimum absolute atomic E-state index is 0.0279. The highest BCUT2D eigenvalue weighted by Crippen LogP contribution is 2.27. The second-order valence-corrected chi connectivity index (χ2v) is 3.97. The summed E-state index contributed by atoms with van der Waals surface area (Å²) in [5, 5.41) is 11.8. The molecule has 96 valence electrons. The first-order valence-corrected chi connectivity index (χ1v) is 6.07. The maximum atomic E-state index is 11.1. The molecule has 19 heavy (non-hydrogen) atoms. The topological polar surface area (TPSA) is 46.5 Å². The Bertz CT molecular complexity index is 662. The molecule has 1 N–H and O–H groups in total. The third-order valence-corrected chi connectivity index (χ3v) is 2.66. The molecule has 2 aromatic carbocycles. The Balaban J connectivity index is 2.24. The van der Waals surface area contributed by atoms with Crippen molar-refractivity contribution in [2.24, 2.45) is 0 Å². The highest BCUT2D eigenvalue weighted by Gasteiger charge is 2.03. The molecule has 0 aliphatic heterocycles. The van der Waals surface area contributed by atoms with Crippen LogP contribution in [-0.4, -0.2) is 17.7 Å². The summed E-state index contributed by atoms with van der Waals surface area (Å²) >= 11 is 0. The van der Waals surface area contributed by atoms with E-state index < -0.39 is 0 Å². The first kappa shape index (κ1) is 13.0. The van der Waals surface area contributed by atoms with Crippen LogP contribution in [0.15, 0.2) is 36.4 Å². The van der Waals surface area contributed by atoms with Gasteiger partial charge in [-0.1, -0.05) is 42.2 Å². The van der Waals surface area contributed by atoms with Gasteiger partial charge < -0.3 is 9.84 Å². The molecule has 2 rings (SSSR count). The van der Waals surface area contributed by atoms with Crippen LogP contribution in [0.25, 0.3) is 10.8 Å². The van der Waals surface area contributed by atoms with Crippen molar-refractivity contribution in [1.29, 1.82) is 0 Å². The van der Waals surface area contributed by atoms with Crippen molar-refractivity contribution < 1.29 is 14.6 Å². The molecule has 0 bridgehead atoms. The fourth-order valence-corrected chi connectivity index (χ4v) is 1.78. The van der Waals surface area contributed by atoms with Crippen LogP contribution in [0.5, 0.6) is 5.75 Å². The Morgan fingerprint density at radius 3 is 2.84 bits per heavy atom. The Labute approximate surface area is 111 Å². The van der Waals surface area contributed by atoms with Crippen molar-refractivity contribution in [2.75, 3.05) is 6.61 Å².